The highest BCUT2D eigenvalue weighted by Crippen LogP contribution is 2.19. The molecule has 1 unspecified atom stereocenters. The van der Waals surface area contributed by atoms with Crippen LogP contribution in [0.15, 0.2) is 24.3 Å². The maximum absolute atomic E-state index is 9.09. The first-order valence-electron chi connectivity index (χ1n) is 4.63. The molecular formula is C11H16O3. The molecule has 0 aromatic heterocycles. The molecule has 3 nitrogen and oxygen atoms in total. The van der Waals surface area contributed by atoms with Gasteiger partial charge < -0.3 is 14.6 Å². The van der Waals surface area contributed by atoms with Crippen LogP contribution >= 0.6 is 0 Å². The molecule has 78 valence electrons. The predicted molar refractivity (Wildman–Crippen MR) is 54.3 cm³/mol. The van der Waals surface area contributed by atoms with Crippen LogP contribution in [0.2, 0.25) is 0 Å². The first kappa shape index (κ1) is 11.0. The van der Waals surface area contributed by atoms with Crippen LogP contribution in [0.1, 0.15) is 18.6 Å². The fourth-order valence-electron chi connectivity index (χ4n) is 1.15. The van der Waals surface area contributed by atoms with Gasteiger partial charge >= 0.3 is 0 Å². The molecule has 0 amide bonds. The highest BCUT2D eigenvalue weighted by molar-refractivity contribution is 5.26. The van der Waals surface area contributed by atoms with Gasteiger partial charge in [-0.05, 0) is 24.6 Å². The maximum Gasteiger partial charge on any atom is 0.115 e. The molecule has 0 aliphatic heterocycles. The van der Waals surface area contributed by atoms with Crippen molar-refractivity contribution >= 4 is 0 Å². The third-order valence-corrected chi connectivity index (χ3v) is 2.02. The Balaban J connectivity index is 2.43. The Hall–Kier alpha value is -1.06. The van der Waals surface area contributed by atoms with Crippen molar-refractivity contribution in [3.8, 4) is 5.75 Å². The summed E-state index contributed by atoms with van der Waals surface area (Å²) in [6.45, 7) is 3.16. The summed E-state index contributed by atoms with van der Waals surface area (Å²) in [6.07, 6.45) is 0.0331. The number of ether oxygens (including phenoxy) is 2. The summed E-state index contributed by atoms with van der Waals surface area (Å²) in [5, 5.41) is 9.09. The minimum absolute atomic E-state index is 0.0331. The summed E-state index contributed by atoms with van der Waals surface area (Å²) in [7, 11) is 1.65. The lowest BCUT2D eigenvalue weighted by atomic mass is 10.1. The molecule has 0 saturated carbocycles. The second-order valence-electron chi connectivity index (χ2n) is 3.10. The molecule has 0 spiro atoms. The second-order valence-corrected chi connectivity index (χ2v) is 3.10. The molecule has 0 heterocycles. The van der Waals surface area contributed by atoms with Crippen LogP contribution in [-0.2, 0) is 9.47 Å². The first-order valence-corrected chi connectivity index (χ1v) is 4.63. The molecule has 1 rings (SSSR count). The van der Waals surface area contributed by atoms with Gasteiger partial charge in [0.05, 0.1) is 19.3 Å². The van der Waals surface area contributed by atoms with E-state index in [1.54, 1.807) is 19.2 Å². The first-order chi connectivity index (χ1) is 6.74. The van der Waals surface area contributed by atoms with Crippen LogP contribution in [0, 0.1) is 0 Å². The summed E-state index contributed by atoms with van der Waals surface area (Å²) >= 11 is 0. The molecule has 0 saturated heterocycles. The van der Waals surface area contributed by atoms with Crippen LogP contribution in [0.3, 0.4) is 0 Å². The van der Waals surface area contributed by atoms with Gasteiger partial charge in [-0.15, -0.1) is 0 Å². The third kappa shape index (κ3) is 3.36. The zero-order chi connectivity index (χ0) is 10.4. The van der Waals surface area contributed by atoms with Crippen molar-refractivity contribution in [3.05, 3.63) is 29.8 Å². The number of methoxy groups -OCH3 is 1. The highest BCUT2D eigenvalue weighted by atomic mass is 16.5. The lowest BCUT2D eigenvalue weighted by Gasteiger charge is -2.12. The van der Waals surface area contributed by atoms with Crippen molar-refractivity contribution in [3.63, 3.8) is 0 Å². The fourth-order valence-corrected chi connectivity index (χ4v) is 1.15. The minimum Gasteiger partial charge on any atom is -0.508 e. The molecule has 1 N–H and O–H groups in total. The number of rotatable bonds is 5. The fraction of sp³-hybridized carbons (Fsp3) is 0.455. The molecule has 0 fully saturated rings. The lowest BCUT2D eigenvalue weighted by Crippen LogP contribution is -2.05. The topological polar surface area (TPSA) is 38.7 Å². The van der Waals surface area contributed by atoms with Crippen molar-refractivity contribution in [1.82, 2.24) is 0 Å². The van der Waals surface area contributed by atoms with Crippen molar-refractivity contribution in [1.29, 1.82) is 0 Å². The van der Waals surface area contributed by atoms with Crippen LogP contribution in [-0.4, -0.2) is 25.4 Å². The van der Waals surface area contributed by atoms with E-state index in [1.807, 2.05) is 19.1 Å². The van der Waals surface area contributed by atoms with Crippen LogP contribution in [0.5, 0.6) is 5.75 Å². The molecule has 1 aromatic carbocycles. The predicted octanol–water partition coefficient (Wildman–Crippen LogP) is 2.12. The summed E-state index contributed by atoms with van der Waals surface area (Å²) in [5.74, 6) is 0.276. The summed E-state index contributed by atoms with van der Waals surface area (Å²) in [5.41, 5.74) is 1.05. The third-order valence-electron chi connectivity index (χ3n) is 2.02. The largest absolute Gasteiger partial charge is 0.508 e. The molecule has 0 bridgehead atoms. The normalized spacial score (nSPS) is 12.7. The smallest absolute Gasteiger partial charge is 0.115 e. The van der Waals surface area contributed by atoms with Gasteiger partial charge in [-0.1, -0.05) is 12.1 Å². The second kappa shape index (κ2) is 5.62. The Morgan fingerprint density at radius 3 is 2.43 bits per heavy atom. The van der Waals surface area contributed by atoms with Gasteiger partial charge in [0.15, 0.2) is 0 Å². The van der Waals surface area contributed by atoms with Gasteiger partial charge in [-0.25, -0.2) is 0 Å². The van der Waals surface area contributed by atoms with Crippen LogP contribution in [0.25, 0.3) is 0 Å². The molecule has 0 aliphatic rings. The van der Waals surface area contributed by atoms with E-state index in [9.17, 15) is 0 Å². The maximum atomic E-state index is 9.09. The number of aromatic hydroxyl groups is 1. The van der Waals surface area contributed by atoms with E-state index in [-0.39, 0.29) is 11.9 Å². The molecule has 1 aromatic rings. The molecular weight excluding hydrogens is 180 g/mol. The Morgan fingerprint density at radius 2 is 1.86 bits per heavy atom. The summed E-state index contributed by atoms with van der Waals surface area (Å²) in [6, 6.07) is 7.02. The van der Waals surface area contributed by atoms with E-state index >= 15 is 0 Å². The van der Waals surface area contributed by atoms with Gasteiger partial charge in [-0.3, -0.25) is 0 Å². The van der Waals surface area contributed by atoms with E-state index < -0.39 is 0 Å². The van der Waals surface area contributed by atoms with Crippen molar-refractivity contribution < 1.29 is 14.6 Å². The Kier molecular flexibility index (Phi) is 4.43. The standard InChI is InChI=1S/C11H16O3/c1-9(14-8-7-13-2)10-3-5-11(12)6-4-10/h3-6,9,12H,7-8H2,1-2H3. The van der Waals surface area contributed by atoms with Gasteiger partial charge in [0, 0.05) is 7.11 Å². The van der Waals surface area contributed by atoms with E-state index in [2.05, 4.69) is 0 Å². The zero-order valence-corrected chi connectivity index (χ0v) is 8.56. The quantitative estimate of drug-likeness (QED) is 0.733. The highest BCUT2D eigenvalue weighted by Gasteiger charge is 2.04. The average Bonchev–Trinajstić information content (AvgIpc) is 2.19. The van der Waals surface area contributed by atoms with Crippen molar-refractivity contribution in [2.24, 2.45) is 0 Å². The van der Waals surface area contributed by atoms with Crippen LogP contribution < -0.4 is 0 Å². The van der Waals surface area contributed by atoms with Gasteiger partial charge in [0.1, 0.15) is 5.75 Å². The molecule has 3 heteroatoms. The number of hydrogen-bond donors (Lipinski definition) is 1. The Morgan fingerprint density at radius 1 is 1.21 bits per heavy atom. The van der Waals surface area contributed by atoms with E-state index in [0.717, 1.165) is 5.56 Å². The number of hydrogen-bond acceptors (Lipinski definition) is 3. The zero-order valence-electron chi connectivity index (χ0n) is 8.56. The van der Waals surface area contributed by atoms with Gasteiger partial charge in [0.2, 0.25) is 0 Å². The number of benzene rings is 1. The van der Waals surface area contributed by atoms with Crippen LogP contribution in [0.4, 0.5) is 0 Å². The summed E-state index contributed by atoms with van der Waals surface area (Å²) < 4.78 is 10.4. The average molecular weight is 196 g/mol. The van der Waals surface area contributed by atoms with E-state index in [1.165, 1.54) is 0 Å². The lowest BCUT2D eigenvalue weighted by molar-refractivity contribution is 0.0255. The Bertz CT molecular complexity index is 256. The molecule has 0 radical (unpaired) electrons. The SMILES string of the molecule is COCCOC(C)c1ccc(O)cc1. The Labute approximate surface area is 84.3 Å². The van der Waals surface area contributed by atoms with E-state index in [0.29, 0.717) is 13.2 Å². The minimum atomic E-state index is 0.0331. The number of phenolic OH excluding ortho intramolecular Hbond substituents is 1. The number of phenols is 1. The summed E-state index contributed by atoms with van der Waals surface area (Å²) in [4.78, 5) is 0. The molecule has 1 atom stereocenters. The van der Waals surface area contributed by atoms with Crippen molar-refractivity contribution in [2.45, 2.75) is 13.0 Å². The van der Waals surface area contributed by atoms with E-state index in [4.69, 9.17) is 14.6 Å². The molecule has 14 heavy (non-hydrogen) atoms. The monoisotopic (exact) mass is 196 g/mol. The van der Waals surface area contributed by atoms with Gasteiger partial charge in [0.25, 0.3) is 0 Å². The van der Waals surface area contributed by atoms with Crippen molar-refractivity contribution in [2.75, 3.05) is 20.3 Å². The van der Waals surface area contributed by atoms with Gasteiger partial charge in [-0.2, -0.15) is 0 Å². The molecule has 0 aliphatic carbocycles.